The summed E-state index contributed by atoms with van der Waals surface area (Å²) in [6.07, 6.45) is 1.60. The van der Waals surface area contributed by atoms with Crippen LogP contribution in [0, 0.1) is 0 Å². The van der Waals surface area contributed by atoms with Crippen LogP contribution >= 0.6 is 0 Å². The predicted octanol–water partition coefficient (Wildman–Crippen LogP) is 2.80. The van der Waals surface area contributed by atoms with Gasteiger partial charge in [-0.05, 0) is 12.2 Å². The van der Waals surface area contributed by atoms with E-state index >= 15 is 0 Å². The van der Waals surface area contributed by atoms with Crippen molar-refractivity contribution in [1.82, 2.24) is 0 Å². The highest BCUT2D eigenvalue weighted by Crippen LogP contribution is 2.48. The summed E-state index contributed by atoms with van der Waals surface area (Å²) < 4.78 is 11.4. The lowest BCUT2D eigenvalue weighted by molar-refractivity contribution is 0.0481. The van der Waals surface area contributed by atoms with E-state index < -0.39 is 12.1 Å². The van der Waals surface area contributed by atoms with Crippen molar-refractivity contribution in [3.63, 3.8) is 0 Å². The number of aromatic hydroxyl groups is 1. The van der Waals surface area contributed by atoms with Gasteiger partial charge in [0.05, 0.1) is 11.1 Å². The van der Waals surface area contributed by atoms with Crippen LogP contribution in [-0.2, 0) is 0 Å². The number of phenolic OH excluding ortho intramolecular Hbond substituents is 1. The number of carbonyl (C=O) groups is 2. The van der Waals surface area contributed by atoms with Crippen molar-refractivity contribution in [3.8, 4) is 17.2 Å². The van der Waals surface area contributed by atoms with Crippen LogP contribution in [0.2, 0.25) is 0 Å². The first-order valence-corrected chi connectivity index (χ1v) is 6.70. The fourth-order valence-corrected chi connectivity index (χ4v) is 2.63. The SMILES string of the molecule is O=C1C=CC(=O)c2c3c(cc(O)c21)OC(c1ccccc1)O3. The Morgan fingerprint density at radius 2 is 1.59 bits per heavy atom. The third-order valence-corrected chi connectivity index (χ3v) is 3.63. The summed E-state index contributed by atoms with van der Waals surface area (Å²) in [7, 11) is 0. The van der Waals surface area contributed by atoms with E-state index in [0.717, 1.165) is 11.6 Å². The molecule has 0 radical (unpaired) electrons. The highest BCUT2D eigenvalue weighted by Gasteiger charge is 2.36. The van der Waals surface area contributed by atoms with Crippen LogP contribution < -0.4 is 9.47 Å². The van der Waals surface area contributed by atoms with E-state index in [2.05, 4.69) is 0 Å². The molecule has 0 saturated carbocycles. The van der Waals surface area contributed by atoms with Gasteiger partial charge in [-0.1, -0.05) is 30.3 Å². The number of fused-ring (bicyclic) bond motifs is 3. The maximum absolute atomic E-state index is 12.1. The van der Waals surface area contributed by atoms with Gasteiger partial charge in [-0.3, -0.25) is 9.59 Å². The molecule has 1 heterocycles. The number of phenols is 1. The Labute approximate surface area is 125 Å². The van der Waals surface area contributed by atoms with Crippen LogP contribution in [0.4, 0.5) is 0 Å². The molecule has 0 spiro atoms. The Hall–Kier alpha value is -3.08. The molecule has 0 fully saturated rings. The number of carbonyl (C=O) groups excluding carboxylic acids is 2. The molecule has 0 aromatic heterocycles. The van der Waals surface area contributed by atoms with E-state index in [0.29, 0.717) is 0 Å². The van der Waals surface area contributed by atoms with Crippen LogP contribution in [0.5, 0.6) is 17.2 Å². The van der Waals surface area contributed by atoms with Gasteiger partial charge in [0, 0.05) is 11.6 Å². The molecule has 1 aliphatic heterocycles. The van der Waals surface area contributed by atoms with Gasteiger partial charge in [0.25, 0.3) is 6.29 Å². The summed E-state index contributed by atoms with van der Waals surface area (Å²) in [6, 6.07) is 10.5. The lowest BCUT2D eigenvalue weighted by atomic mass is 9.92. The maximum atomic E-state index is 12.1. The molecular weight excluding hydrogens is 284 g/mol. The highest BCUT2D eigenvalue weighted by molar-refractivity contribution is 6.24. The molecule has 0 amide bonds. The van der Waals surface area contributed by atoms with Crippen LogP contribution in [0.15, 0.2) is 48.6 Å². The fraction of sp³-hybridized carbons (Fsp3) is 0.0588. The summed E-state index contributed by atoms with van der Waals surface area (Å²) in [4.78, 5) is 24.0. The van der Waals surface area contributed by atoms with E-state index in [1.165, 1.54) is 12.1 Å². The Kier molecular flexibility index (Phi) is 2.56. The third kappa shape index (κ3) is 1.72. The van der Waals surface area contributed by atoms with Gasteiger partial charge in [0.1, 0.15) is 5.75 Å². The van der Waals surface area contributed by atoms with E-state index in [1.54, 1.807) is 0 Å². The topological polar surface area (TPSA) is 72.8 Å². The molecule has 1 unspecified atom stereocenters. The van der Waals surface area contributed by atoms with Gasteiger partial charge in [0.2, 0.25) is 0 Å². The molecule has 2 aromatic rings. The van der Waals surface area contributed by atoms with Crippen LogP contribution in [-0.4, -0.2) is 16.7 Å². The number of allylic oxidation sites excluding steroid dienone is 2. The zero-order chi connectivity index (χ0) is 15.3. The second kappa shape index (κ2) is 4.46. The van der Waals surface area contributed by atoms with Crippen molar-refractivity contribution >= 4 is 11.6 Å². The minimum absolute atomic E-state index is 0.0384. The number of hydrogen-bond donors (Lipinski definition) is 1. The molecule has 5 nitrogen and oxygen atoms in total. The van der Waals surface area contributed by atoms with Crippen LogP contribution in [0.1, 0.15) is 32.6 Å². The number of rotatable bonds is 1. The minimum Gasteiger partial charge on any atom is -0.507 e. The van der Waals surface area contributed by atoms with E-state index in [9.17, 15) is 14.7 Å². The van der Waals surface area contributed by atoms with Gasteiger partial charge in [0.15, 0.2) is 23.1 Å². The van der Waals surface area contributed by atoms with E-state index in [1.807, 2.05) is 30.3 Å². The second-order valence-electron chi connectivity index (χ2n) is 5.01. The molecular formula is C17H10O5. The molecule has 4 rings (SSSR count). The number of ether oxygens (including phenoxy) is 2. The summed E-state index contributed by atoms with van der Waals surface area (Å²) in [5.74, 6) is -0.652. The Morgan fingerprint density at radius 1 is 0.909 bits per heavy atom. The molecule has 1 atom stereocenters. The number of hydrogen-bond acceptors (Lipinski definition) is 5. The van der Waals surface area contributed by atoms with E-state index in [-0.39, 0.29) is 34.2 Å². The predicted molar refractivity (Wildman–Crippen MR) is 76.3 cm³/mol. The maximum Gasteiger partial charge on any atom is 0.268 e. The zero-order valence-electron chi connectivity index (χ0n) is 11.3. The van der Waals surface area contributed by atoms with E-state index in [4.69, 9.17) is 9.47 Å². The Bertz CT molecular complexity index is 836. The molecule has 5 heteroatoms. The molecule has 108 valence electrons. The number of ketones is 2. The van der Waals surface area contributed by atoms with Crippen molar-refractivity contribution in [3.05, 3.63) is 65.2 Å². The molecule has 1 aliphatic carbocycles. The highest BCUT2D eigenvalue weighted by atomic mass is 16.7. The molecule has 1 N–H and O–H groups in total. The fourth-order valence-electron chi connectivity index (χ4n) is 2.63. The van der Waals surface area contributed by atoms with Crippen molar-refractivity contribution in [2.24, 2.45) is 0 Å². The minimum atomic E-state index is -0.712. The quantitative estimate of drug-likeness (QED) is 0.875. The second-order valence-corrected chi connectivity index (χ2v) is 5.01. The lowest BCUT2D eigenvalue weighted by Crippen LogP contribution is -2.13. The first kappa shape index (κ1) is 12.6. The molecule has 22 heavy (non-hydrogen) atoms. The molecule has 0 bridgehead atoms. The van der Waals surface area contributed by atoms with Crippen LogP contribution in [0.25, 0.3) is 0 Å². The summed E-state index contributed by atoms with van der Waals surface area (Å²) in [5, 5.41) is 10.0. The normalized spacial score (nSPS) is 18.5. The van der Waals surface area contributed by atoms with Gasteiger partial charge in [-0.15, -0.1) is 0 Å². The van der Waals surface area contributed by atoms with Crippen molar-refractivity contribution in [2.75, 3.05) is 0 Å². The first-order valence-electron chi connectivity index (χ1n) is 6.70. The zero-order valence-corrected chi connectivity index (χ0v) is 11.3. The van der Waals surface area contributed by atoms with Crippen LogP contribution in [0.3, 0.4) is 0 Å². The van der Waals surface area contributed by atoms with Crippen molar-refractivity contribution in [1.29, 1.82) is 0 Å². The lowest BCUT2D eigenvalue weighted by Gasteiger charge is -2.13. The average Bonchev–Trinajstić information content (AvgIpc) is 2.94. The van der Waals surface area contributed by atoms with Crippen molar-refractivity contribution < 1.29 is 24.2 Å². The Balaban J connectivity index is 1.84. The monoisotopic (exact) mass is 294 g/mol. The summed E-state index contributed by atoms with van der Waals surface area (Å²) in [6.45, 7) is 0. The molecule has 2 aromatic carbocycles. The summed E-state index contributed by atoms with van der Waals surface area (Å²) in [5.41, 5.74) is 0.793. The largest absolute Gasteiger partial charge is 0.507 e. The standard InChI is InChI=1S/C17H10O5/c18-10-6-7-11(19)15-14(10)12(20)8-13-16(15)22-17(21-13)9-4-2-1-3-5-9/h1-8,17,20H. The van der Waals surface area contributed by atoms with Gasteiger partial charge in [-0.25, -0.2) is 0 Å². The van der Waals surface area contributed by atoms with Gasteiger partial charge < -0.3 is 14.6 Å². The number of benzene rings is 2. The smallest absolute Gasteiger partial charge is 0.268 e. The van der Waals surface area contributed by atoms with Crippen molar-refractivity contribution in [2.45, 2.75) is 6.29 Å². The summed E-state index contributed by atoms with van der Waals surface area (Å²) >= 11 is 0. The van der Waals surface area contributed by atoms with Gasteiger partial charge in [-0.2, -0.15) is 0 Å². The van der Waals surface area contributed by atoms with Gasteiger partial charge >= 0.3 is 0 Å². The average molecular weight is 294 g/mol. The molecule has 0 saturated heterocycles. The molecule has 2 aliphatic rings. The Morgan fingerprint density at radius 3 is 2.32 bits per heavy atom. The third-order valence-electron chi connectivity index (χ3n) is 3.63. The first-order chi connectivity index (χ1) is 10.6.